The smallest absolute Gasteiger partial charge is 0.256 e. The molecule has 0 aliphatic carbocycles. The second-order valence-electron chi connectivity index (χ2n) is 8.53. The summed E-state index contributed by atoms with van der Waals surface area (Å²) in [7, 11) is 1.58. The number of benzene rings is 2. The summed E-state index contributed by atoms with van der Waals surface area (Å²) >= 11 is 0. The molecule has 1 saturated heterocycles. The van der Waals surface area contributed by atoms with E-state index in [9.17, 15) is 14.0 Å². The van der Waals surface area contributed by atoms with E-state index in [2.05, 4.69) is 10.3 Å². The van der Waals surface area contributed by atoms with Crippen molar-refractivity contribution < 1.29 is 18.7 Å². The van der Waals surface area contributed by atoms with Gasteiger partial charge in [0, 0.05) is 56.3 Å². The molecule has 0 spiro atoms. The Morgan fingerprint density at radius 3 is 2.66 bits per heavy atom. The number of anilines is 1. The maximum atomic E-state index is 14.2. The molecule has 0 unspecified atom stereocenters. The molecular weight excluding hydrogens is 449 g/mol. The van der Waals surface area contributed by atoms with Crippen LogP contribution in [0.2, 0.25) is 0 Å². The summed E-state index contributed by atoms with van der Waals surface area (Å²) in [6.45, 7) is 4.28. The molecule has 2 aromatic rings. The summed E-state index contributed by atoms with van der Waals surface area (Å²) in [6, 6.07) is 9.17. The first-order chi connectivity index (χ1) is 16.8. The number of amides is 2. The molecule has 0 radical (unpaired) electrons. The van der Waals surface area contributed by atoms with Gasteiger partial charge in [0.05, 0.1) is 23.8 Å². The van der Waals surface area contributed by atoms with Crippen molar-refractivity contribution in [2.45, 2.75) is 19.8 Å². The third kappa shape index (κ3) is 6.43. The molecule has 9 heteroatoms. The summed E-state index contributed by atoms with van der Waals surface area (Å²) in [5.41, 5.74) is 8.86. The van der Waals surface area contributed by atoms with E-state index in [-0.39, 0.29) is 28.9 Å². The zero-order chi connectivity index (χ0) is 25.4. The number of nitrogen functional groups attached to an aromatic ring is 1. The molecule has 1 fully saturated rings. The van der Waals surface area contributed by atoms with Crippen molar-refractivity contribution in [3.05, 3.63) is 64.0 Å². The van der Waals surface area contributed by atoms with Gasteiger partial charge in [0.25, 0.3) is 11.8 Å². The highest BCUT2D eigenvalue weighted by Gasteiger charge is 2.25. The molecule has 3 N–H and O–H groups in total. The Bertz CT molecular complexity index is 1150. The molecule has 3 rings (SSSR count). The fraction of sp³-hybridized carbons (Fsp3) is 0.385. The zero-order valence-electron chi connectivity index (χ0n) is 20.0. The van der Waals surface area contributed by atoms with Gasteiger partial charge in [-0.3, -0.25) is 14.6 Å². The first kappa shape index (κ1) is 25.8. The Morgan fingerprint density at radius 1 is 1.29 bits per heavy atom. The van der Waals surface area contributed by atoms with Crippen LogP contribution in [0.3, 0.4) is 0 Å². The third-order valence-electron chi connectivity index (χ3n) is 6.20. The van der Waals surface area contributed by atoms with Gasteiger partial charge in [-0.1, -0.05) is 0 Å². The first-order valence-corrected chi connectivity index (χ1v) is 11.5. The van der Waals surface area contributed by atoms with Gasteiger partial charge < -0.3 is 20.7 Å². The quantitative estimate of drug-likeness (QED) is 0.343. The Morgan fingerprint density at radius 2 is 2.00 bits per heavy atom. The van der Waals surface area contributed by atoms with E-state index in [1.807, 2.05) is 13.0 Å². The Kier molecular flexibility index (Phi) is 8.92. The number of rotatable bonds is 8. The highest BCUT2D eigenvalue weighted by Crippen LogP contribution is 2.22. The Labute approximate surface area is 204 Å². The van der Waals surface area contributed by atoms with Gasteiger partial charge in [0.15, 0.2) is 0 Å². The van der Waals surface area contributed by atoms with E-state index in [4.69, 9.17) is 15.7 Å². The summed E-state index contributed by atoms with van der Waals surface area (Å²) in [5, 5.41) is 11.7. The number of nitrogens with one attached hydrogen (secondary N) is 1. The molecule has 2 amide bonds. The van der Waals surface area contributed by atoms with Gasteiger partial charge in [-0.2, -0.15) is 5.26 Å². The standard InChI is InChI=1S/C26H30FN5O3/c1-17-20(25(33)31-9-12-35-2)5-6-24(29)22(17)16-30-15-18-7-10-32(11-8-18)26(34)21-4-3-19(14-28)13-23(21)27/h3-6,13,16,18H,7-12,15,29H2,1-2H3,(H,31,33). The predicted molar refractivity (Wildman–Crippen MR) is 132 cm³/mol. The number of ether oxygens (including phenoxy) is 1. The van der Waals surface area contributed by atoms with Crippen LogP contribution in [0.5, 0.6) is 0 Å². The molecule has 35 heavy (non-hydrogen) atoms. The van der Waals surface area contributed by atoms with Crippen LogP contribution in [0.4, 0.5) is 10.1 Å². The Balaban J connectivity index is 1.57. The summed E-state index contributed by atoms with van der Waals surface area (Å²) in [4.78, 5) is 31.3. The van der Waals surface area contributed by atoms with Gasteiger partial charge >= 0.3 is 0 Å². The second-order valence-corrected chi connectivity index (χ2v) is 8.53. The number of piperidine rings is 1. The first-order valence-electron chi connectivity index (χ1n) is 11.5. The fourth-order valence-corrected chi connectivity index (χ4v) is 4.07. The molecule has 2 aromatic carbocycles. The number of nitrogens with two attached hydrogens (primary N) is 1. The van der Waals surface area contributed by atoms with Gasteiger partial charge in [0.2, 0.25) is 0 Å². The third-order valence-corrected chi connectivity index (χ3v) is 6.20. The second kappa shape index (κ2) is 12.1. The molecule has 8 nitrogen and oxygen atoms in total. The number of nitrogens with zero attached hydrogens (tertiary/aromatic N) is 3. The van der Waals surface area contributed by atoms with E-state index >= 15 is 0 Å². The van der Waals surface area contributed by atoms with Crippen molar-refractivity contribution in [1.82, 2.24) is 10.2 Å². The lowest BCUT2D eigenvalue weighted by Crippen LogP contribution is -2.39. The average molecular weight is 480 g/mol. The molecule has 0 saturated carbocycles. The minimum Gasteiger partial charge on any atom is -0.398 e. The number of hydrogen-bond donors (Lipinski definition) is 2. The number of carbonyl (C=O) groups excluding carboxylic acids is 2. The highest BCUT2D eigenvalue weighted by atomic mass is 19.1. The number of aliphatic imine (C=N–C) groups is 1. The lowest BCUT2D eigenvalue weighted by Gasteiger charge is -2.31. The number of hydrogen-bond acceptors (Lipinski definition) is 6. The normalized spacial score (nSPS) is 14.2. The van der Waals surface area contributed by atoms with Crippen molar-refractivity contribution in [2.24, 2.45) is 10.9 Å². The summed E-state index contributed by atoms with van der Waals surface area (Å²) in [6.07, 6.45) is 3.20. The topological polar surface area (TPSA) is 121 Å². The largest absolute Gasteiger partial charge is 0.398 e. The molecule has 1 aliphatic heterocycles. The fourth-order valence-electron chi connectivity index (χ4n) is 4.07. The molecule has 0 atom stereocenters. The van der Waals surface area contributed by atoms with Crippen LogP contribution in [0, 0.1) is 30.0 Å². The van der Waals surface area contributed by atoms with Gasteiger partial charge in [0.1, 0.15) is 5.82 Å². The summed E-state index contributed by atoms with van der Waals surface area (Å²) < 4.78 is 19.2. The SMILES string of the molecule is COCCNC(=O)c1ccc(N)c(C=NCC2CCN(C(=O)c3ccc(C#N)cc3F)CC2)c1C. The van der Waals surface area contributed by atoms with Crippen LogP contribution < -0.4 is 11.1 Å². The lowest BCUT2D eigenvalue weighted by atomic mass is 9.96. The van der Waals surface area contributed by atoms with Crippen molar-refractivity contribution in [2.75, 3.05) is 45.6 Å². The minimum atomic E-state index is -0.677. The molecular formula is C26H30FN5O3. The van der Waals surface area contributed by atoms with E-state index < -0.39 is 5.82 Å². The maximum absolute atomic E-state index is 14.2. The number of carbonyl (C=O) groups is 2. The highest BCUT2D eigenvalue weighted by molar-refractivity contribution is 6.00. The zero-order valence-corrected chi connectivity index (χ0v) is 20.0. The number of nitriles is 1. The van der Waals surface area contributed by atoms with E-state index in [1.54, 1.807) is 30.4 Å². The molecule has 1 heterocycles. The van der Waals surface area contributed by atoms with Crippen LogP contribution in [-0.4, -0.2) is 62.8 Å². The van der Waals surface area contributed by atoms with Crippen molar-refractivity contribution in [3.8, 4) is 6.07 Å². The van der Waals surface area contributed by atoms with Crippen molar-refractivity contribution >= 4 is 23.7 Å². The van der Waals surface area contributed by atoms with Crippen molar-refractivity contribution in [1.29, 1.82) is 5.26 Å². The van der Waals surface area contributed by atoms with Gasteiger partial charge in [-0.25, -0.2) is 4.39 Å². The van der Waals surface area contributed by atoms with E-state index in [0.717, 1.165) is 24.5 Å². The van der Waals surface area contributed by atoms with Crippen LogP contribution in [0.15, 0.2) is 35.3 Å². The maximum Gasteiger partial charge on any atom is 0.256 e. The predicted octanol–water partition coefficient (Wildman–Crippen LogP) is 2.94. The number of halogens is 1. The lowest BCUT2D eigenvalue weighted by molar-refractivity contribution is 0.0688. The molecule has 0 aromatic heterocycles. The van der Waals surface area contributed by atoms with Crippen LogP contribution in [0.1, 0.15) is 50.2 Å². The van der Waals surface area contributed by atoms with Crippen LogP contribution >= 0.6 is 0 Å². The van der Waals surface area contributed by atoms with Crippen molar-refractivity contribution in [3.63, 3.8) is 0 Å². The van der Waals surface area contributed by atoms with Crippen LogP contribution in [-0.2, 0) is 4.74 Å². The van der Waals surface area contributed by atoms with E-state index in [1.165, 1.54) is 12.1 Å². The average Bonchev–Trinajstić information content (AvgIpc) is 2.86. The Hall–Kier alpha value is -3.77. The summed E-state index contributed by atoms with van der Waals surface area (Å²) in [5.74, 6) is -0.950. The number of methoxy groups -OCH3 is 1. The molecule has 184 valence electrons. The molecule has 0 bridgehead atoms. The number of likely N-dealkylation sites (tertiary alicyclic amines) is 1. The van der Waals surface area contributed by atoms with Gasteiger partial charge in [-0.05, 0) is 61.6 Å². The van der Waals surface area contributed by atoms with Gasteiger partial charge in [-0.15, -0.1) is 0 Å². The molecule has 1 aliphatic rings. The van der Waals surface area contributed by atoms with E-state index in [0.29, 0.717) is 49.6 Å². The monoisotopic (exact) mass is 479 g/mol. The van der Waals surface area contributed by atoms with Crippen LogP contribution in [0.25, 0.3) is 0 Å². The minimum absolute atomic E-state index is 0.0161.